The molecule has 0 fully saturated rings. The molecule has 1 heterocycles. The van der Waals surface area contributed by atoms with Crippen LogP contribution in [0.4, 0.5) is 0 Å². The molecule has 0 radical (unpaired) electrons. The van der Waals surface area contributed by atoms with Gasteiger partial charge in [-0.2, -0.15) is 0 Å². The highest BCUT2D eigenvalue weighted by molar-refractivity contribution is 7.36. The van der Waals surface area contributed by atoms with E-state index in [4.69, 9.17) is 0 Å². The number of aromatic nitrogens is 1. The summed E-state index contributed by atoms with van der Waals surface area (Å²) in [7, 11) is 0.788. The fourth-order valence-corrected chi connectivity index (χ4v) is 1.71. The van der Waals surface area contributed by atoms with E-state index in [-0.39, 0.29) is 0 Å². The Hall–Kier alpha value is -0.810. The van der Waals surface area contributed by atoms with Crippen LogP contribution in [-0.4, -0.2) is 4.98 Å². The first kappa shape index (κ1) is 5.01. The summed E-state index contributed by atoms with van der Waals surface area (Å²) in [5, 5.41) is 1.37. The second-order valence-electron chi connectivity index (χ2n) is 1.92. The summed E-state index contributed by atoms with van der Waals surface area (Å²) in [6, 6.07) is 8.25. The molecule has 0 spiro atoms. The Morgan fingerprint density at radius 3 is 3.00 bits per heavy atom. The molecule has 1 unspecified atom stereocenters. The number of para-hydroxylation sites is 1. The van der Waals surface area contributed by atoms with Crippen molar-refractivity contribution in [2.75, 3.05) is 0 Å². The Labute approximate surface area is 54.8 Å². The fourth-order valence-electron chi connectivity index (χ4n) is 0.880. The summed E-state index contributed by atoms with van der Waals surface area (Å²) in [5.74, 6) is 1.98. The van der Waals surface area contributed by atoms with Crippen LogP contribution in [0, 0.1) is 0 Å². The van der Waals surface area contributed by atoms with Gasteiger partial charge in [0.15, 0.2) is 0 Å². The standard InChI is InChI=1S/C7H6NP/c1-2-4-7-6(3-1)8-5-9-7/h1-5,9H. The van der Waals surface area contributed by atoms with Crippen molar-refractivity contribution in [1.29, 1.82) is 0 Å². The molecule has 9 heavy (non-hydrogen) atoms. The van der Waals surface area contributed by atoms with Gasteiger partial charge in [-0.25, -0.2) is 0 Å². The van der Waals surface area contributed by atoms with Gasteiger partial charge in [0.2, 0.25) is 0 Å². The van der Waals surface area contributed by atoms with E-state index in [9.17, 15) is 0 Å². The molecule has 1 aromatic carbocycles. The highest BCUT2D eigenvalue weighted by atomic mass is 31.0. The minimum absolute atomic E-state index is 0.788. The van der Waals surface area contributed by atoms with E-state index in [2.05, 4.69) is 17.1 Å². The normalized spacial score (nSPS) is 11.1. The number of hydrogen-bond donors (Lipinski definition) is 0. The molecule has 1 atom stereocenters. The molecule has 0 saturated heterocycles. The number of fused-ring (bicyclic) bond motifs is 1. The van der Waals surface area contributed by atoms with E-state index < -0.39 is 0 Å². The van der Waals surface area contributed by atoms with Crippen LogP contribution in [0.2, 0.25) is 0 Å². The number of hydrogen-bond acceptors (Lipinski definition) is 1. The number of rotatable bonds is 0. The Kier molecular flexibility index (Phi) is 1.03. The summed E-state index contributed by atoms with van der Waals surface area (Å²) in [4.78, 5) is 4.19. The van der Waals surface area contributed by atoms with Gasteiger partial charge in [0.1, 0.15) is 0 Å². The van der Waals surface area contributed by atoms with Crippen LogP contribution in [0.3, 0.4) is 0 Å². The lowest BCUT2D eigenvalue weighted by molar-refractivity contribution is 1.50. The first-order valence-corrected chi connectivity index (χ1v) is 3.93. The molecule has 0 aliphatic heterocycles. The minimum atomic E-state index is 0.788. The van der Waals surface area contributed by atoms with E-state index in [0.29, 0.717) is 0 Å². The van der Waals surface area contributed by atoms with Crippen molar-refractivity contribution < 1.29 is 0 Å². The quantitative estimate of drug-likeness (QED) is 0.540. The molecule has 0 N–H and O–H groups in total. The van der Waals surface area contributed by atoms with E-state index in [1.807, 2.05) is 18.1 Å². The molecular formula is C7H6NP. The van der Waals surface area contributed by atoms with Gasteiger partial charge in [0.25, 0.3) is 0 Å². The van der Waals surface area contributed by atoms with Crippen molar-refractivity contribution in [2.24, 2.45) is 0 Å². The maximum atomic E-state index is 4.19. The van der Waals surface area contributed by atoms with Crippen LogP contribution in [0.25, 0.3) is 10.6 Å². The van der Waals surface area contributed by atoms with Gasteiger partial charge in [-0.3, -0.25) is 4.98 Å². The molecule has 0 aliphatic carbocycles. The average molecular weight is 135 g/mol. The Balaban J connectivity index is 2.95. The van der Waals surface area contributed by atoms with E-state index in [1.54, 1.807) is 0 Å². The Morgan fingerprint density at radius 1 is 1.22 bits per heavy atom. The van der Waals surface area contributed by atoms with E-state index in [1.165, 1.54) is 5.12 Å². The van der Waals surface area contributed by atoms with Gasteiger partial charge in [0.05, 0.1) is 5.52 Å². The summed E-state index contributed by atoms with van der Waals surface area (Å²) < 4.78 is 0. The second-order valence-corrected chi connectivity index (χ2v) is 3.01. The maximum Gasteiger partial charge on any atom is 0.0743 e. The van der Waals surface area contributed by atoms with Crippen molar-refractivity contribution >= 4 is 18.8 Å². The molecule has 44 valence electrons. The fraction of sp³-hybridized carbons (Fsp3) is 0. The summed E-state index contributed by atoms with van der Waals surface area (Å²) in [6.45, 7) is 0. The lowest BCUT2D eigenvalue weighted by atomic mass is 10.3. The zero-order chi connectivity index (χ0) is 6.10. The van der Waals surface area contributed by atoms with Crippen LogP contribution in [0.5, 0.6) is 0 Å². The molecule has 2 heteroatoms. The maximum absolute atomic E-state index is 4.19. The third-order valence-electron chi connectivity index (χ3n) is 1.33. The molecule has 0 saturated carbocycles. The number of nitrogens with zero attached hydrogens (tertiary/aromatic N) is 1. The van der Waals surface area contributed by atoms with Gasteiger partial charge in [-0.1, -0.05) is 12.1 Å². The van der Waals surface area contributed by atoms with E-state index in [0.717, 1.165) is 13.7 Å². The molecule has 0 bridgehead atoms. The predicted octanol–water partition coefficient (Wildman–Crippen LogP) is 2.27. The molecule has 2 rings (SSSR count). The monoisotopic (exact) mass is 135 g/mol. The largest absolute Gasteiger partial charge is 0.252 e. The van der Waals surface area contributed by atoms with E-state index >= 15 is 0 Å². The highest BCUT2D eigenvalue weighted by Gasteiger charge is 1.88. The zero-order valence-corrected chi connectivity index (χ0v) is 5.83. The van der Waals surface area contributed by atoms with Gasteiger partial charge < -0.3 is 0 Å². The Bertz CT molecular complexity index is 283. The minimum Gasteiger partial charge on any atom is -0.252 e. The highest BCUT2D eigenvalue weighted by Crippen LogP contribution is 2.20. The summed E-state index contributed by atoms with van der Waals surface area (Å²) >= 11 is 0. The molecule has 0 aliphatic rings. The SMILES string of the molecule is c1ccc2[pH]cnc2c1. The topological polar surface area (TPSA) is 12.9 Å². The summed E-state index contributed by atoms with van der Waals surface area (Å²) in [5.41, 5.74) is 1.15. The van der Waals surface area contributed by atoms with Crippen LogP contribution in [-0.2, 0) is 0 Å². The zero-order valence-electron chi connectivity index (χ0n) is 4.83. The van der Waals surface area contributed by atoms with Gasteiger partial charge in [0, 0.05) is 11.0 Å². The van der Waals surface area contributed by atoms with Crippen molar-refractivity contribution in [1.82, 2.24) is 4.98 Å². The average Bonchev–Trinajstić information content (AvgIpc) is 2.33. The lowest BCUT2D eigenvalue weighted by Gasteiger charge is -1.81. The van der Waals surface area contributed by atoms with Crippen LogP contribution in [0.1, 0.15) is 0 Å². The van der Waals surface area contributed by atoms with Crippen molar-refractivity contribution in [2.45, 2.75) is 0 Å². The van der Waals surface area contributed by atoms with Crippen molar-refractivity contribution in [3.05, 3.63) is 30.2 Å². The molecule has 2 aromatic rings. The van der Waals surface area contributed by atoms with Crippen LogP contribution < -0.4 is 0 Å². The molecular weight excluding hydrogens is 129 g/mol. The molecule has 1 aromatic heterocycles. The first-order chi connectivity index (χ1) is 4.47. The number of benzene rings is 1. The second kappa shape index (κ2) is 1.85. The molecule has 1 nitrogen and oxygen atoms in total. The van der Waals surface area contributed by atoms with Crippen molar-refractivity contribution in [3.63, 3.8) is 0 Å². The summed E-state index contributed by atoms with van der Waals surface area (Å²) in [6.07, 6.45) is 0. The predicted molar refractivity (Wildman–Crippen MR) is 41.2 cm³/mol. The first-order valence-electron chi connectivity index (χ1n) is 2.85. The third-order valence-corrected chi connectivity index (χ3v) is 2.32. The smallest absolute Gasteiger partial charge is 0.0743 e. The van der Waals surface area contributed by atoms with Crippen LogP contribution in [0.15, 0.2) is 30.2 Å². The van der Waals surface area contributed by atoms with Crippen molar-refractivity contribution in [3.8, 4) is 0 Å². The van der Waals surface area contributed by atoms with Crippen LogP contribution >= 0.6 is 8.19 Å². The third kappa shape index (κ3) is 0.739. The Morgan fingerprint density at radius 2 is 2.11 bits per heavy atom. The van der Waals surface area contributed by atoms with Gasteiger partial charge in [-0.05, 0) is 12.1 Å². The van der Waals surface area contributed by atoms with Gasteiger partial charge >= 0.3 is 0 Å². The lowest BCUT2D eigenvalue weighted by Crippen LogP contribution is -1.61. The van der Waals surface area contributed by atoms with Gasteiger partial charge in [-0.15, -0.1) is 8.19 Å². The molecule has 0 amide bonds.